The first kappa shape index (κ1) is 22.4. The van der Waals surface area contributed by atoms with Crippen LogP contribution in [0.25, 0.3) is 0 Å². The fourth-order valence-electron chi connectivity index (χ4n) is 2.75. The molecule has 0 saturated heterocycles. The highest BCUT2D eigenvalue weighted by molar-refractivity contribution is 7.93. The van der Waals surface area contributed by atoms with E-state index in [0.29, 0.717) is 18.3 Å². The lowest BCUT2D eigenvalue weighted by molar-refractivity contribution is 0.0178. The Morgan fingerprint density at radius 2 is 1.93 bits per heavy atom. The molecule has 30 heavy (non-hydrogen) atoms. The molecule has 0 spiro atoms. The molecule has 1 aliphatic carbocycles. The number of hydrogen-bond donors (Lipinski definition) is 1. The number of ether oxygens (including phenoxy) is 1. The number of amides is 1. The van der Waals surface area contributed by atoms with Gasteiger partial charge < -0.3 is 10.1 Å². The average Bonchev–Trinajstić information content (AvgIpc) is 3.43. The van der Waals surface area contributed by atoms with Gasteiger partial charge in [0.15, 0.2) is 21.4 Å². The highest BCUT2D eigenvalue weighted by atomic mass is 32.2. The van der Waals surface area contributed by atoms with Crippen LogP contribution in [0, 0.1) is 11.7 Å². The summed E-state index contributed by atoms with van der Waals surface area (Å²) in [5.74, 6) is -5.98. The molecule has 1 amide bonds. The smallest absolute Gasteiger partial charge is 0.282 e. The van der Waals surface area contributed by atoms with Gasteiger partial charge in [0.2, 0.25) is 0 Å². The van der Waals surface area contributed by atoms with Crippen LogP contribution >= 0.6 is 11.3 Å². The molecule has 3 rings (SSSR count). The van der Waals surface area contributed by atoms with Gasteiger partial charge in [0.05, 0.1) is 6.04 Å². The molecule has 0 radical (unpaired) electrons. The van der Waals surface area contributed by atoms with E-state index < -0.39 is 44.2 Å². The van der Waals surface area contributed by atoms with E-state index in [-0.39, 0.29) is 16.5 Å². The van der Waals surface area contributed by atoms with Crippen molar-refractivity contribution in [2.75, 3.05) is 6.26 Å². The van der Waals surface area contributed by atoms with Crippen LogP contribution in [-0.4, -0.2) is 26.6 Å². The van der Waals surface area contributed by atoms with E-state index >= 15 is 0 Å². The fraction of sp³-hybridized carbons (Fsp3) is 0.350. The molecule has 1 aromatic heterocycles. The summed E-state index contributed by atoms with van der Waals surface area (Å²) < 4.78 is 70.8. The number of carbonyl (C=O) groups is 1. The van der Waals surface area contributed by atoms with Gasteiger partial charge in [0, 0.05) is 18.6 Å². The first-order valence-electron chi connectivity index (χ1n) is 9.08. The van der Waals surface area contributed by atoms with Crippen LogP contribution in [0.1, 0.15) is 34.3 Å². The van der Waals surface area contributed by atoms with Crippen molar-refractivity contribution in [1.29, 1.82) is 0 Å². The van der Waals surface area contributed by atoms with E-state index in [9.17, 15) is 26.4 Å². The Bertz CT molecular complexity index is 1060. The van der Waals surface area contributed by atoms with E-state index in [1.807, 2.05) is 0 Å². The standard InChI is InChI=1S/C20H20F3NO4S2/c1-20(22,23)18-15(21)16(28-13-6-4-3-5-7-13)17(29-18)19(25)24-14(12-8-9-12)10-11-30(2,26)27/h3-7,10-12,14H,8-9H2,1-2H3,(H,24,25)/b11-10+/t14-/m1/s1. The second-order valence-corrected chi connectivity index (χ2v) is 10.2. The number of benzene rings is 1. The molecule has 1 fully saturated rings. The largest absolute Gasteiger partial charge is 0.453 e. The number of halogens is 3. The van der Waals surface area contributed by atoms with Crippen LogP contribution in [0.2, 0.25) is 0 Å². The Morgan fingerprint density at radius 3 is 2.47 bits per heavy atom. The molecule has 10 heteroatoms. The molecule has 1 aromatic carbocycles. The first-order valence-corrected chi connectivity index (χ1v) is 11.9. The summed E-state index contributed by atoms with van der Waals surface area (Å²) in [5, 5.41) is 3.60. The van der Waals surface area contributed by atoms with Crippen molar-refractivity contribution in [2.24, 2.45) is 5.92 Å². The Kier molecular flexibility index (Phi) is 6.28. The van der Waals surface area contributed by atoms with Crippen molar-refractivity contribution in [2.45, 2.75) is 31.7 Å². The van der Waals surface area contributed by atoms with Crippen LogP contribution < -0.4 is 10.1 Å². The lowest BCUT2D eigenvalue weighted by Crippen LogP contribution is -2.34. The Morgan fingerprint density at radius 1 is 1.30 bits per heavy atom. The summed E-state index contributed by atoms with van der Waals surface area (Å²) in [7, 11) is -3.41. The Hall–Kier alpha value is -2.33. The molecule has 2 aromatic rings. The van der Waals surface area contributed by atoms with Crippen LogP contribution in [0.15, 0.2) is 41.8 Å². The van der Waals surface area contributed by atoms with Crippen LogP contribution in [0.5, 0.6) is 11.5 Å². The topological polar surface area (TPSA) is 72.5 Å². The lowest BCUT2D eigenvalue weighted by Gasteiger charge is -2.14. The van der Waals surface area contributed by atoms with Gasteiger partial charge in [-0.2, -0.15) is 0 Å². The zero-order valence-corrected chi connectivity index (χ0v) is 17.8. The third-order valence-corrected chi connectivity index (χ3v) is 6.31. The number of thiophene rings is 1. The number of rotatable bonds is 8. The number of hydrogen-bond acceptors (Lipinski definition) is 5. The molecule has 0 unspecified atom stereocenters. The van der Waals surface area contributed by atoms with Gasteiger partial charge in [-0.1, -0.05) is 24.3 Å². The highest BCUT2D eigenvalue weighted by Crippen LogP contribution is 2.44. The van der Waals surface area contributed by atoms with Gasteiger partial charge in [-0.25, -0.2) is 21.6 Å². The van der Waals surface area contributed by atoms with Crippen molar-refractivity contribution in [1.82, 2.24) is 5.32 Å². The molecule has 162 valence electrons. The molecule has 5 nitrogen and oxygen atoms in total. The van der Waals surface area contributed by atoms with Crippen molar-refractivity contribution >= 4 is 27.1 Å². The number of sulfone groups is 1. The maximum atomic E-state index is 14.8. The lowest BCUT2D eigenvalue weighted by atomic mass is 10.2. The molecule has 1 atom stereocenters. The van der Waals surface area contributed by atoms with E-state index in [1.54, 1.807) is 18.2 Å². The van der Waals surface area contributed by atoms with E-state index in [0.717, 1.165) is 24.5 Å². The summed E-state index contributed by atoms with van der Waals surface area (Å²) in [6.07, 6.45) is 3.93. The number of nitrogens with one attached hydrogen (secondary N) is 1. The average molecular weight is 460 g/mol. The molecule has 1 N–H and O–H groups in total. The summed E-state index contributed by atoms with van der Waals surface area (Å²) >= 11 is 0.314. The van der Waals surface area contributed by atoms with Crippen LogP contribution in [0.3, 0.4) is 0 Å². The molecular formula is C20H20F3NO4S2. The van der Waals surface area contributed by atoms with Crippen LogP contribution in [-0.2, 0) is 15.8 Å². The maximum absolute atomic E-state index is 14.8. The summed E-state index contributed by atoms with van der Waals surface area (Å²) in [6, 6.07) is 7.33. The van der Waals surface area contributed by atoms with Gasteiger partial charge in [0.25, 0.3) is 11.8 Å². The highest BCUT2D eigenvalue weighted by Gasteiger charge is 2.38. The predicted molar refractivity (Wildman–Crippen MR) is 108 cm³/mol. The third-order valence-electron chi connectivity index (χ3n) is 4.34. The van der Waals surface area contributed by atoms with Gasteiger partial charge in [-0.3, -0.25) is 4.79 Å². The van der Waals surface area contributed by atoms with E-state index in [4.69, 9.17) is 4.74 Å². The third kappa shape index (κ3) is 5.63. The minimum atomic E-state index is -3.51. The van der Waals surface area contributed by atoms with E-state index in [1.165, 1.54) is 18.2 Å². The zero-order chi connectivity index (χ0) is 22.1. The second-order valence-electron chi connectivity index (χ2n) is 7.20. The van der Waals surface area contributed by atoms with Gasteiger partial charge in [-0.05, 0) is 30.9 Å². The Labute approximate surface area is 176 Å². The monoisotopic (exact) mass is 459 g/mol. The van der Waals surface area contributed by atoms with Crippen LogP contribution in [0.4, 0.5) is 13.2 Å². The summed E-state index contributed by atoms with van der Waals surface area (Å²) in [5.41, 5.74) is 0. The molecule has 1 saturated carbocycles. The van der Waals surface area contributed by atoms with Gasteiger partial charge >= 0.3 is 0 Å². The molecule has 0 aliphatic heterocycles. The maximum Gasteiger partial charge on any atom is 0.282 e. The quantitative estimate of drug-likeness (QED) is 0.612. The molecule has 1 aliphatic rings. The molecule has 1 heterocycles. The number of alkyl halides is 2. The summed E-state index contributed by atoms with van der Waals surface area (Å²) in [4.78, 5) is 11.6. The number of para-hydroxylation sites is 1. The fourth-order valence-corrected chi connectivity index (χ4v) is 4.14. The Balaban J connectivity index is 1.94. The molecular weight excluding hydrogens is 439 g/mol. The van der Waals surface area contributed by atoms with Crippen molar-refractivity contribution < 1.29 is 31.1 Å². The number of carbonyl (C=O) groups excluding carboxylic acids is 1. The van der Waals surface area contributed by atoms with Gasteiger partial charge in [-0.15, -0.1) is 11.3 Å². The first-order chi connectivity index (χ1) is 14.0. The van der Waals surface area contributed by atoms with E-state index in [2.05, 4.69) is 5.32 Å². The predicted octanol–water partition coefficient (Wildman–Crippen LogP) is 4.86. The zero-order valence-electron chi connectivity index (χ0n) is 16.2. The minimum Gasteiger partial charge on any atom is -0.453 e. The minimum absolute atomic E-state index is 0.0299. The van der Waals surface area contributed by atoms with Gasteiger partial charge in [0.1, 0.15) is 15.5 Å². The second kappa shape index (κ2) is 8.43. The normalized spacial score (nSPS) is 15.9. The molecule has 0 bridgehead atoms. The van der Waals surface area contributed by atoms with Crippen molar-refractivity contribution in [3.8, 4) is 11.5 Å². The summed E-state index contributed by atoms with van der Waals surface area (Å²) in [6.45, 7) is 0.539. The van der Waals surface area contributed by atoms with Crippen molar-refractivity contribution in [3.05, 3.63) is 57.4 Å². The van der Waals surface area contributed by atoms with Crippen molar-refractivity contribution in [3.63, 3.8) is 0 Å². The SMILES string of the molecule is CC(F)(F)c1sc(C(=O)N[C@H](/C=C/S(C)(=O)=O)C2CC2)c(Oc2ccccc2)c1F.